The summed E-state index contributed by atoms with van der Waals surface area (Å²) in [6.45, 7) is 11.1. The summed E-state index contributed by atoms with van der Waals surface area (Å²) in [6, 6.07) is 2.00. The highest BCUT2D eigenvalue weighted by Crippen LogP contribution is 2.14. The third kappa shape index (κ3) is 4.92. The van der Waals surface area contributed by atoms with Crippen LogP contribution in [-0.4, -0.2) is 12.6 Å². The van der Waals surface area contributed by atoms with E-state index in [0.717, 1.165) is 30.8 Å². The molecule has 0 saturated carbocycles. The number of ether oxygens (including phenoxy) is 1. The second kappa shape index (κ2) is 7.51. The fraction of sp³-hybridized carbons (Fsp3) is 0.714. The van der Waals surface area contributed by atoms with Crippen LogP contribution in [0.3, 0.4) is 0 Å². The second-order valence-corrected chi connectivity index (χ2v) is 4.81. The molecular formula is C14H25NO2. The van der Waals surface area contributed by atoms with E-state index in [1.807, 2.05) is 6.07 Å². The Kier molecular flexibility index (Phi) is 6.30. The number of hydrogen-bond donors (Lipinski definition) is 1. The van der Waals surface area contributed by atoms with Crippen molar-refractivity contribution in [2.75, 3.05) is 6.54 Å². The molecule has 1 unspecified atom stereocenters. The molecular weight excluding hydrogens is 214 g/mol. The fourth-order valence-electron chi connectivity index (χ4n) is 1.44. The van der Waals surface area contributed by atoms with Gasteiger partial charge in [0.1, 0.15) is 5.76 Å². The molecule has 0 bridgehead atoms. The third-order valence-electron chi connectivity index (χ3n) is 2.99. The van der Waals surface area contributed by atoms with Gasteiger partial charge in [-0.05, 0) is 31.9 Å². The van der Waals surface area contributed by atoms with E-state index in [1.165, 1.54) is 0 Å². The van der Waals surface area contributed by atoms with Gasteiger partial charge in [0.25, 0.3) is 0 Å². The molecule has 3 heteroatoms. The van der Waals surface area contributed by atoms with Crippen molar-refractivity contribution in [3.05, 3.63) is 23.7 Å². The predicted molar refractivity (Wildman–Crippen MR) is 69.8 cm³/mol. The monoisotopic (exact) mass is 239 g/mol. The summed E-state index contributed by atoms with van der Waals surface area (Å²) < 4.78 is 11.3. The Bertz CT molecular complexity index is 307. The molecule has 1 rings (SSSR count). The molecule has 0 aromatic carbocycles. The standard InChI is InChI=1S/C14H25NO2/c1-5-7-15-9-14-13(6-8-16-14)10-17-12(4)11(2)3/h6,8,11-12,15H,5,7,9-10H2,1-4H3. The van der Waals surface area contributed by atoms with Gasteiger partial charge in [0, 0.05) is 5.56 Å². The average Bonchev–Trinajstić information content (AvgIpc) is 2.74. The molecule has 0 radical (unpaired) electrons. The van der Waals surface area contributed by atoms with Crippen LogP contribution in [0.4, 0.5) is 0 Å². The predicted octanol–water partition coefficient (Wildman–Crippen LogP) is 3.34. The van der Waals surface area contributed by atoms with Crippen LogP contribution in [0.15, 0.2) is 16.7 Å². The van der Waals surface area contributed by atoms with Crippen molar-refractivity contribution in [2.45, 2.75) is 53.4 Å². The minimum atomic E-state index is 0.279. The maximum atomic E-state index is 5.81. The van der Waals surface area contributed by atoms with E-state index in [2.05, 4.69) is 33.0 Å². The highest BCUT2D eigenvalue weighted by atomic mass is 16.5. The molecule has 98 valence electrons. The van der Waals surface area contributed by atoms with Gasteiger partial charge in [-0.1, -0.05) is 20.8 Å². The summed E-state index contributed by atoms with van der Waals surface area (Å²) in [5.41, 5.74) is 1.15. The molecule has 0 spiro atoms. The van der Waals surface area contributed by atoms with Gasteiger partial charge >= 0.3 is 0 Å². The average molecular weight is 239 g/mol. The van der Waals surface area contributed by atoms with Gasteiger partial charge in [-0.2, -0.15) is 0 Å². The zero-order valence-electron chi connectivity index (χ0n) is 11.5. The Balaban J connectivity index is 2.40. The number of nitrogens with one attached hydrogen (secondary N) is 1. The lowest BCUT2D eigenvalue weighted by Gasteiger charge is -2.16. The van der Waals surface area contributed by atoms with Crippen molar-refractivity contribution >= 4 is 0 Å². The van der Waals surface area contributed by atoms with Crippen LogP contribution in [0, 0.1) is 5.92 Å². The van der Waals surface area contributed by atoms with Gasteiger partial charge in [-0.15, -0.1) is 0 Å². The zero-order chi connectivity index (χ0) is 12.7. The van der Waals surface area contributed by atoms with E-state index in [4.69, 9.17) is 9.15 Å². The first-order chi connectivity index (χ1) is 8.15. The van der Waals surface area contributed by atoms with E-state index in [-0.39, 0.29) is 6.10 Å². The number of rotatable bonds is 8. The first kappa shape index (κ1) is 14.3. The van der Waals surface area contributed by atoms with Gasteiger partial charge in [0.2, 0.25) is 0 Å². The van der Waals surface area contributed by atoms with Crippen LogP contribution in [0.2, 0.25) is 0 Å². The Morgan fingerprint density at radius 2 is 2.12 bits per heavy atom. The normalized spacial score (nSPS) is 13.2. The van der Waals surface area contributed by atoms with Crippen molar-refractivity contribution < 1.29 is 9.15 Å². The van der Waals surface area contributed by atoms with Crippen molar-refractivity contribution in [3.63, 3.8) is 0 Å². The van der Waals surface area contributed by atoms with Crippen LogP contribution >= 0.6 is 0 Å². The van der Waals surface area contributed by atoms with Crippen LogP contribution < -0.4 is 5.32 Å². The van der Waals surface area contributed by atoms with Crippen molar-refractivity contribution in [1.29, 1.82) is 0 Å². The lowest BCUT2D eigenvalue weighted by molar-refractivity contribution is 0.0228. The van der Waals surface area contributed by atoms with Crippen LogP contribution in [0.5, 0.6) is 0 Å². The Morgan fingerprint density at radius 3 is 2.76 bits per heavy atom. The summed E-state index contributed by atoms with van der Waals surface area (Å²) in [5, 5.41) is 3.34. The van der Waals surface area contributed by atoms with Crippen molar-refractivity contribution in [2.24, 2.45) is 5.92 Å². The molecule has 1 atom stereocenters. The van der Waals surface area contributed by atoms with E-state index in [9.17, 15) is 0 Å². The van der Waals surface area contributed by atoms with Gasteiger partial charge in [-0.25, -0.2) is 0 Å². The van der Waals surface area contributed by atoms with Gasteiger partial charge in [0.15, 0.2) is 0 Å². The first-order valence-electron chi connectivity index (χ1n) is 6.52. The van der Waals surface area contributed by atoms with Crippen molar-refractivity contribution in [1.82, 2.24) is 5.32 Å². The van der Waals surface area contributed by atoms with Crippen LogP contribution in [0.1, 0.15) is 45.4 Å². The minimum Gasteiger partial charge on any atom is -0.468 e. The second-order valence-electron chi connectivity index (χ2n) is 4.81. The number of hydrogen-bond acceptors (Lipinski definition) is 3. The summed E-state index contributed by atoms with van der Waals surface area (Å²) in [6.07, 6.45) is 3.15. The molecule has 1 N–H and O–H groups in total. The molecule has 3 nitrogen and oxygen atoms in total. The maximum absolute atomic E-state index is 5.81. The van der Waals surface area contributed by atoms with Crippen LogP contribution in [-0.2, 0) is 17.9 Å². The molecule has 0 aliphatic heterocycles. The van der Waals surface area contributed by atoms with Gasteiger partial charge < -0.3 is 14.5 Å². The molecule has 1 aromatic heterocycles. The Hall–Kier alpha value is -0.800. The highest BCUT2D eigenvalue weighted by Gasteiger charge is 2.10. The number of furan rings is 1. The maximum Gasteiger partial charge on any atom is 0.123 e. The van der Waals surface area contributed by atoms with E-state index >= 15 is 0 Å². The van der Waals surface area contributed by atoms with E-state index in [1.54, 1.807) is 6.26 Å². The van der Waals surface area contributed by atoms with Gasteiger partial charge in [0.05, 0.1) is 25.5 Å². The first-order valence-corrected chi connectivity index (χ1v) is 6.52. The van der Waals surface area contributed by atoms with Gasteiger partial charge in [-0.3, -0.25) is 0 Å². The SMILES string of the molecule is CCCNCc1occc1COC(C)C(C)C. The summed E-state index contributed by atoms with van der Waals surface area (Å²) in [4.78, 5) is 0. The lowest BCUT2D eigenvalue weighted by atomic mass is 10.1. The fourth-order valence-corrected chi connectivity index (χ4v) is 1.44. The molecule has 17 heavy (non-hydrogen) atoms. The Morgan fingerprint density at radius 1 is 1.35 bits per heavy atom. The molecule has 0 aliphatic carbocycles. The van der Waals surface area contributed by atoms with E-state index in [0.29, 0.717) is 12.5 Å². The molecule has 0 fully saturated rings. The Labute approximate surface area is 105 Å². The minimum absolute atomic E-state index is 0.279. The largest absolute Gasteiger partial charge is 0.468 e. The third-order valence-corrected chi connectivity index (χ3v) is 2.99. The lowest BCUT2D eigenvalue weighted by Crippen LogP contribution is -2.17. The summed E-state index contributed by atoms with van der Waals surface area (Å²) in [7, 11) is 0. The summed E-state index contributed by atoms with van der Waals surface area (Å²) in [5.74, 6) is 1.54. The highest BCUT2D eigenvalue weighted by molar-refractivity contribution is 5.15. The quantitative estimate of drug-likeness (QED) is 0.706. The molecule has 0 amide bonds. The molecule has 1 aromatic rings. The van der Waals surface area contributed by atoms with E-state index < -0.39 is 0 Å². The topological polar surface area (TPSA) is 34.4 Å². The summed E-state index contributed by atoms with van der Waals surface area (Å²) >= 11 is 0. The molecule has 0 aliphatic rings. The van der Waals surface area contributed by atoms with Crippen molar-refractivity contribution in [3.8, 4) is 0 Å². The van der Waals surface area contributed by atoms with Crippen LogP contribution in [0.25, 0.3) is 0 Å². The molecule has 0 saturated heterocycles. The zero-order valence-corrected chi connectivity index (χ0v) is 11.5. The molecule has 1 heterocycles. The smallest absolute Gasteiger partial charge is 0.123 e.